The van der Waals surface area contributed by atoms with Crippen LogP contribution in [-0.2, 0) is 10.2 Å². The quantitative estimate of drug-likeness (QED) is 0.769. The Kier molecular flexibility index (Phi) is 3.76. The van der Waals surface area contributed by atoms with E-state index >= 15 is 0 Å². The van der Waals surface area contributed by atoms with Gasteiger partial charge < -0.3 is 15.7 Å². The van der Waals surface area contributed by atoms with Crippen molar-refractivity contribution in [2.24, 2.45) is 0 Å². The van der Waals surface area contributed by atoms with Gasteiger partial charge in [0.25, 0.3) is 0 Å². The Balaban J connectivity index is 1.80. The van der Waals surface area contributed by atoms with Crippen molar-refractivity contribution in [1.29, 1.82) is 0 Å². The molecular formula is C16H22N2O2. The number of benzene rings is 1. The standard InChI is InChI=1S/C16H22N2O2/c19-14-10-13(11-14)18-15(20)16(6-8-17-9-7-16)12-4-2-1-3-5-12/h1-5,13-14,17,19H,6-11H2,(H,18,20). The van der Waals surface area contributed by atoms with Crippen LogP contribution in [0.5, 0.6) is 0 Å². The number of rotatable bonds is 3. The van der Waals surface area contributed by atoms with Crippen LogP contribution in [0.1, 0.15) is 31.2 Å². The number of amides is 1. The molecule has 2 aliphatic rings. The molecule has 0 aromatic heterocycles. The third-order valence-electron chi connectivity index (χ3n) is 4.67. The number of hydrogen-bond donors (Lipinski definition) is 3. The van der Waals surface area contributed by atoms with Crippen LogP contribution in [0.2, 0.25) is 0 Å². The average molecular weight is 274 g/mol. The summed E-state index contributed by atoms with van der Waals surface area (Å²) in [5.41, 5.74) is 0.700. The van der Waals surface area contributed by atoms with Gasteiger partial charge in [-0.2, -0.15) is 0 Å². The molecular weight excluding hydrogens is 252 g/mol. The zero-order valence-corrected chi connectivity index (χ0v) is 11.6. The van der Waals surface area contributed by atoms with Gasteiger partial charge in [0, 0.05) is 6.04 Å². The van der Waals surface area contributed by atoms with Crippen LogP contribution in [0.25, 0.3) is 0 Å². The van der Waals surface area contributed by atoms with Crippen LogP contribution >= 0.6 is 0 Å². The van der Waals surface area contributed by atoms with Gasteiger partial charge in [-0.25, -0.2) is 0 Å². The monoisotopic (exact) mass is 274 g/mol. The molecule has 1 aliphatic carbocycles. The summed E-state index contributed by atoms with van der Waals surface area (Å²) >= 11 is 0. The molecule has 0 radical (unpaired) electrons. The number of hydrogen-bond acceptors (Lipinski definition) is 3. The Morgan fingerprint density at radius 3 is 2.45 bits per heavy atom. The molecule has 2 fully saturated rings. The second kappa shape index (κ2) is 5.54. The minimum Gasteiger partial charge on any atom is -0.393 e. The zero-order valence-electron chi connectivity index (χ0n) is 11.6. The Hall–Kier alpha value is -1.39. The van der Waals surface area contributed by atoms with E-state index in [-0.39, 0.29) is 18.1 Å². The molecule has 1 saturated heterocycles. The third kappa shape index (κ3) is 2.45. The Morgan fingerprint density at radius 1 is 1.20 bits per heavy atom. The second-order valence-corrected chi connectivity index (χ2v) is 5.99. The Bertz CT molecular complexity index is 463. The van der Waals surface area contributed by atoms with E-state index in [1.807, 2.05) is 18.2 Å². The van der Waals surface area contributed by atoms with Crippen molar-refractivity contribution in [3.8, 4) is 0 Å². The van der Waals surface area contributed by atoms with Gasteiger partial charge in [0.15, 0.2) is 0 Å². The van der Waals surface area contributed by atoms with E-state index in [2.05, 4.69) is 22.8 Å². The van der Waals surface area contributed by atoms with Crippen molar-refractivity contribution in [2.75, 3.05) is 13.1 Å². The molecule has 4 heteroatoms. The molecule has 1 aromatic rings. The number of nitrogens with one attached hydrogen (secondary N) is 2. The van der Waals surface area contributed by atoms with Gasteiger partial charge in [-0.3, -0.25) is 4.79 Å². The van der Waals surface area contributed by atoms with E-state index in [0.717, 1.165) is 31.5 Å². The number of carbonyl (C=O) groups excluding carboxylic acids is 1. The van der Waals surface area contributed by atoms with Gasteiger partial charge in [-0.1, -0.05) is 30.3 Å². The minimum atomic E-state index is -0.410. The smallest absolute Gasteiger partial charge is 0.230 e. The van der Waals surface area contributed by atoms with Crippen molar-refractivity contribution >= 4 is 5.91 Å². The molecule has 1 saturated carbocycles. The highest BCUT2D eigenvalue weighted by molar-refractivity contribution is 5.88. The lowest BCUT2D eigenvalue weighted by molar-refractivity contribution is -0.130. The SMILES string of the molecule is O=C(NC1CC(O)C1)C1(c2ccccc2)CCNCC1. The third-order valence-corrected chi connectivity index (χ3v) is 4.67. The number of piperidine rings is 1. The first-order valence-electron chi connectivity index (χ1n) is 7.46. The highest BCUT2D eigenvalue weighted by atomic mass is 16.3. The molecule has 1 amide bonds. The van der Waals surface area contributed by atoms with Gasteiger partial charge in [0.1, 0.15) is 0 Å². The lowest BCUT2D eigenvalue weighted by Gasteiger charge is -2.40. The van der Waals surface area contributed by atoms with Crippen molar-refractivity contribution in [1.82, 2.24) is 10.6 Å². The zero-order chi connectivity index (χ0) is 14.0. The van der Waals surface area contributed by atoms with Crippen LogP contribution in [0.4, 0.5) is 0 Å². The largest absolute Gasteiger partial charge is 0.393 e. The van der Waals surface area contributed by atoms with E-state index in [1.54, 1.807) is 0 Å². The first-order valence-corrected chi connectivity index (χ1v) is 7.46. The second-order valence-electron chi connectivity index (χ2n) is 5.99. The van der Waals surface area contributed by atoms with Crippen molar-refractivity contribution in [2.45, 2.75) is 43.2 Å². The molecule has 0 unspecified atom stereocenters. The van der Waals surface area contributed by atoms with Crippen LogP contribution < -0.4 is 10.6 Å². The maximum absolute atomic E-state index is 12.8. The molecule has 3 rings (SSSR count). The first-order chi connectivity index (χ1) is 9.71. The summed E-state index contributed by atoms with van der Waals surface area (Å²) in [6.07, 6.45) is 2.81. The summed E-state index contributed by atoms with van der Waals surface area (Å²) in [5, 5.41) is 15.8. The van der Waals surface area contributed by atoms with E-state index < -0.39 is 5.41 Å². The fourth-order valence-corrected chi connectivity index (χ4v) is 3.29. The molecule has 4 nitrogen and oxygen atoms in total. The number of carbonyl (C=O) groups is 1. The summed E-state index contributed by atoms with van der Waals surface area (Å²) in [6.45, 7) is 1.74. The highest BCUT2D eigenvalue weighted by Crippen LogP contribution is 2.34. The van der Waals surface area contributed by atoms with Gasteiger partial charge in [0.05, 0.1) is 11.5 Å². The van der Waals surface area contributed by atoms with Gasteiger partial charge in [0.2, 0.25) is 5.91 Å². The molecule has 3 N–H and O–H groups in total. The van der Waals surface area contributed by atoms with E-state index in [9.17, 15) is 9.90 Å². The van der Waals surface area contributed by atoms with Gasteiger partial charge >= 0.3 is 0 Å². The summed E-state index contributed by atoms with van der Waals surface area (Å²) in [6, 6.07) is 10.2. The lowest BCUT2D eigenvalue weighted by Crippen LogP contribution is -2.56. The summed E-state index contributed by atoms with van der Waals surface area (Å²) in [7, 11) is 0. The minimum absolute atomic E-state index is 0.127. The molecule has 1 aliphatic heterocycles. The van der Waals surface area contributed by atoms with Gasteiger partial charge in [-0.15, -0.1) is 0 Å². The topological polar surface area (TPSA) is 61.4 Å². The van der Waals surface area contributed by atoms with Crippen LogP contribution in [0, 0.1) is 0 Å². The molecule has 0 spiro atoms. The maximum Gasteiger partial charge on any atom is 0.230 e. The maximum atomic E-state index is 12.8. The predicted octanol–water partition coefficient (Wildman–Crippen LogP) is 0.947. The Morgan fingerprint density at radius 2 is 1.85 bits per heavy atom. The fraction of sp³-hybridized carbons (Fsp3) is 0.562. The Labute approximate surface area is 119 Å². The molecule has 1 heterocycles. The highest BCUT2D eigenvalue weighted by Gasteiger charge is 2.42. The van der Waals surface area contributed by atoms with Crippen LogP contribution in [-0.4, -0.2) is 36.2 Å². The van der Waals surface area contributed by atoms with Crippen molar-refractivity contribution in [3.63, 3.8) is 0 Å². The van der Waals surface area contributed by atoms with Crippen molar-refractivity contribution in [3.05, 3.63) is 35.9 Å². The normalized spacial score (nSPS) is 28.4. The molecule has 0 atom stereocenters. The first kappa shape index (κ1) is 13.6. The predicted molar refractivity (Wildman–Crippen MR) is 77.4 cm³/mol. The number of aliphatic hydroxyl groups is 1. The lowest BCUT2D eigenvalue weighted by atomic mass is 9.72. The van der Waals surface area contributed by atoms with Crippen LogP contribution in [0.3, 0.4) is 0 Å². The van der Waals surface area contributed by atoms with Crippen LogP contribution in [0.15, 0.2) is 30.3 Å². The molecule has 0 bridgehead atoms. The number of aliphatic hydroxyl groups excluding tert-OH is 1. The summed E-state index contributed by atoms with van der Waals surface area (Å²) in [5.74, 6) is 0.127. The van der Waals surface area contributed by atoms with E-state index in [4.69, 9.17) is 0 Å². The molecule has 1 aromatic carbocycles. The van der Waals surface area contributed by atoms with E-state index in [1.165, 1.54) is 0 Å². The average Bonchev–Trinajstić information content (AvgIpc) is 2.47. The van der Waals surface area contributed by atoms with E-state index in [0.29, 0.717) is 12.8 Å². The fourth-order valence-electron chi connectivity index (χ4n) is 3.29. The van der Waals surface area contributed by atoms with Gasteiger partial charge in [-0.05, 0) is 44.3 Å². The molecule has 108 valence electrons. The van der Waals surface area contributed by atoms with Crippen molar-refractivity contribution < 1.29 is 9.90 Å². The summed E-state index contributed by atoms with van der Waals surface area (Å²) in [4.78, 5) is 12.8. The summed E-state index contributed by atoms with van der Waals surface area (Å²) < 4.78 is 0. The molecule has 20 heavy (non-hydrogen) atoms.